The molecule has 2 heterocycles. The molecule has 1 saturated heterocycles. The lowest BCUT2D eigenvalue weighted by atomic mass is 10.1. The van der Waals surface area contributed by atoms with E-state index in [2.05, 4.69) is 11.7 Å². The molecule has 0 radical (unpaired) electrons. The highest BCUT2D eigenvalue weighted by Crippen LogP contribution is 2.25. The molecule has 1 unspecified atom stereocenters. The fourth-order valence-corrected chi connectivity index (χ4v) is 1.58. The number of nitrogens with zero attached hydrogens (tertiary/aromatic N) is 2. The Morgan fingerprint density at radius 3 is 3.07 bits per heavy atom. The molecule has 0 aliphatic carbocycles. The van der Waals surface area contributed by atoms with E-state index in [1.165, 1.54) is 0 Å². The van der Waals surface area contributed by atoms with Gasteiger partial charge in [0, 0.05) is 24.9 Å². The maximum absolute atomic E-state index is 11.5. The lowest BCUT2D eigenvalue weighted by molar-refractivity contribution is -0.117. The lowest BCUT2D eigenvalue weighted by Gasteiger charge is -2.10. The predicted molar refractivity (Wildman–Crippen MR) is 51.9 cm³/mol. The second kappa shape index (κ2) is 3.29. The molecule has 1 aliphatic heterocycles. The third-order valence-corrected chi connectivity index (χ3v) is 2.37. The van der Waals surface area contributed by atoms with Crippen molar-refractivity contribution in [3.8, 4) is 0 Å². The van der Waals surface area contributed by atoms with E-state index in [-0.39, 0.29) is 11.8 Å². The smallest absolute Gasteiger partial charge is 0.234 e. The van der Waals surface area contributed by atoms with Crippen molar-refractivity contribution in [1.82, 2.24) is 5.16 Å². The summed E-state index contributed by atoms with van der Waals surface area (Å²) in [6.45, 7) is 6.17. The van der Waals surface area contributed by atoms with Gasteiger partial charge in [0.25, 0.3) is 0 Å². The maximum Gasteiger partial charge on any atom is 0.234 e. The van der Waals surface area contributed by atoms with E-state index in [1.54, 1.807) is 17.0 Å². The van der Waals surface area contributed by atoms with E-state index in [0.29, 0.717) is 18.8 Å². The summed E-state index contributed by atoms with van der Waals surface area (Å²) in [5, 5.41) is 3.75. The van der Waals surface area contributed by atoms with Crippen LogP contribution in [0.15, 0.2) is 23.2 Å². The molecule has 0 saturated carbocycles. The number of hydrogen-bond acceptors (Lipinski definition) is 3. The Morgan fingerprint density at radius 2 is 2.57 bits per heavy atom. The normalized spacial score (nSPS) is 21.6. The van der Waals surface area contributed by atoms with Crippen molar-refractivity contribution < 1.29 is 9.32 Å². The summed E-state index contributed by atoms with van der Waals surface area (Å²) in [4.78, 5) is 13.2. The topological polar surface area (TPSA) is 46.3 Å². The summed E-state index contributed by atoms with van der Waals surface area (Å²) < 4.78 is 5.03. The Kier molecular flexibility index (Phi) is 2.11. The number of hydrogen-bond donors (Lipinski definition) is 0. The first kappa shape index (κ1) is 8.99. The minimum atomic E-state index is 0.0750. The highest BCUT2D eigenvalue weighted by atomic mass is 16.5. The molecule has 1 aliphatic rings. The van der Waals surface area contributed by atoms with E-state index < -0.39 is 0 Å². The van der Waals surface area contributed by atoms with Crippen molar-refractivity contribution in [2.24, 2.45) is 5.92 Å². The van der Waals surface area contributed by atoms with Gasteiger partial charge in [0.1, 0.15) is 0 Å². The second-order valence-electron chi connectivity index (χ2n) is 3.51. The Balaban J connectivity index is 2.20. The quantitative estimate of drug-likeness (QED) is 0.667. The summed E-state index contributed by atoms with van der Waals surface area (Å²) in [7, 11) is 0. The molecule has 14 heavy (non-hydrogen) atoms. The molecule has 4 nitrogen and oxygen atoms in total. The molecular weight excluding hydrogens is 180 g/mol. The number of aromatic nitrogens is 1. The Bertz CT molecular complexity index is 370. The van der Waals surface area contributed by atoms with Crippen LogP contribution in [0.25, 0.3) is 0 Å². The molecule has 0 bridgehead atoms. The molecule has 4 heteroatoms. The number of carbonyl (C=O) groups is 1. The Morgan fingerprint density at radius 1 is 1.79 bits per heavy atom. The van der Waals surface area contributed by atoms with Gasteiger partial charge in [-0.05, 0) is 6.92 Å². The van der Waals surface area contributed by atoms with Crippen LogP contribution in [0.4, 0.5) is 5.88 Å². The van der Waals surface area contributed by atoms with E-state index >= 15 is 0 Å². The van der Waals surface area contributed by atoms with E-state index in [9.17, 15) is 4.79 Å². The van der Waals surface area contributed by atoms with Crippen LogP contribution >= 0.6 is 0 Å². The van der Waals surface area contributed by atoms with Gasteiger partial charge in [-0.2, -0.15) is 0 Å². The lowest BCUT2D eigenvalue weighted by Crippen LogP contribution is -2.23. The molecule has 2 rings (SSSR count). The zero-order chi connectivity index (χ0) is 10.1. The SMILES string of the molecule is C=CC1CC(=O)N(c2cc(C)no2)C1. The highest BCUT2D eigenvalue weighted by molar-refractivity contribution is 5.94. The van der Waals surface area contributed by atoms with Crippen molar-refractivity contribution >= 4 is 11.8 Å². The average molecular weight is 192 g/mol. The van der Waals surface area contributed by atoms with Crippen molar-refractivity contribution in [3.05, 3.63) is 24.4 Å². The first-order chi connectivity index (χ1) is 6.70. The number of aryl methyl sites for hydroxylation is 1. The fraction of sp³-hybridized carbons (Fsp3) is 0.400. The number of anilines is 1. The van der Waals surface area contributed by atoms with Gasteiger partial charge in [0.2, 0.25) is 11.8 Å². The van der Waals surface area contributed by atoms with E-state index in [1.807, 2.05) is 6.92 Å². The van der Waals surface area contributed by atoms with Crippen LogP contribution in [0, 0.1) is 12.8 Å². The molecule has 1 fully saturated rings. The molecular formula is C10H12N2O2. The van der Waals surface area contributed by atoms with Crippen LogP contribution in [-0.4, -0.2) is 17.6 Å². The second-order valence-corrected chi connectivity index (χ2v) is 3.51. The number of carbonyl (C=O) groups excluding carboxylic acids is 1. The Hall–Kier alpha value is -1.58. The fourth-order valence-electron chi connectivity index (χ4n) is 1.58. The van der Waals surface area contributed by atoms with Crippen LogP contribution in [0.1, 0.15) is 12.1 Å². The summed E-state index contributed by atoms with van der Waals surface area (Å²) in [6.07, 6.45) is 2.32. The summed E-state index contributed by atoms with van der Waals surface area (Å²) >= 11 is 0. The van der Waals surface area contributed by atoms with Crippen LogP contribution in [0.3, 0.4) is 0 Å². The van der Waals surface area contributed by atoms with Crippen molar-refractivity contribution in [2.75, 3.05) is 11.4 Å². The van der Waals surface area contributed by atoms with Gasteiger partial charge in [-0.25, -0.2) is 0 Å². The highest BCUT2D eigenvalue weighted by Gasteiger charge is 2.30. The van der Waals surface area contributed by atoms with Crippen molar-refractivity contribution in [3.63, 3.8) is 0 Å². The van der Waals surface area contributed by atoms with Gasteiger partial charge in [0.15, 0.2) is 0 Å². The van der Waals surface area contributed by atoms with Crippen LogP contribution in [0.2, 0.25) is 0 Å². The monoisotopic (exact) mass is 192 g/mol. The molecule has 1 amide bonds. The third kappa shape index (κ3) is 1.43. The maximum atomic E-state index is 11.5. The molecule has 1 aromatic heterocycles. The standard InChI is InChI=1S/C10H12N2O2/c1-3-8-5-9(13)12(6-8)10-4-7(2)11-14-10/h3-4,8H,1,5-6H2,2H3. The van der Waals surface area contributed by atoms with E-state index in [0.717, 1.165) is 5.69 Å². The first-order valence-corrected chi connectivity index (χ1v) is 4.57. The Labute approximate surface area is 82.2 Å². The molecule has 1 atom stereocenters. The molecule has 1 aromatic rings. The molecule has 0 aromatic carbocycles. The van der Waals surface area contributed by atoms with Crippen LogP contribution in [0.5, 0.6) is 0 Å². The zero-order valence-corrected chi connectivity index (χ0v) is 8.06. The third-order valence-electron chi connectivity index (χ3n) is 2.37. The predicted octanol–water partition coefficient (Wildman–Crippen LogP) is 1.52. The van der Waals surface area contributed by atoms with Gasteiger partial charge in [-0.1, -0.05) is 11.2 Å². The minimum absolute atomic E-state index is 0.0750. The number of amides is 1. The van der Waals surface area contributed by atoms with E-state index in [4.69, 9.17) is 4.52 Å². The first-order valence-electron chi connectivity index (χ1n) is 4.57. The van der Waals surface area contributed by atoms with Gasteiger partial charge in [-0.3, -0.25) is 9.69 Å². The zero-order valence-electron chi connectivity index (χ0n) is 8.06. The molecule has 0 N–H and O–H groups in total. The minimum Gasteiger partial charge on any atom is -0.338 e. The number of rotatable bonds is 2. The average Bonchev–Trinajstić information content (AvgIpc) is 2.71. The summed E-state index contributed by atoms with van der Waals surface area (Å²) in [6, 6.07) is 1.77. The molecule has 0 spiro atoms. The summed E-state index contributed by atoms with van der Waals surface area (Å²) in [5.41, 5.74) is 0.787. The van der Waals surface area contributed by atoms with Gasteiger partial charge in [0.05, 0.1) is 5.69 Å². The van der Waals surface area contributed by atoms with Crippen LogP contribution < -0.4 is 4.90 Å². The van der Waals surface area contributed by atoms with Crippen molar-refractivity contribution in [1.29, 1.82) is 0 Å². The van der Waals surface area contributed by atoms with Gasteiger partial charge < -0.3 is 4.52 Å². The largest absolute Gasteiger partial charge is 0.338 e. The van der Waals surface area contributed by atoms with Gasteiger partial charge >= 0.3 is 0 Å². The summed E-state index contributed by atoms with van der Waals surface area (Å²) in [5.74, 6) is 0.843. The van der Waals surface area contributed by atoms with Gasteiger partial charge in [-0.15, -0.1) is 6.58 Å². The van der Waals surface area contributed by atoms with Crippen molar-refractivity contribution in [2.45, 2.75) is 13.3 Å². The van der Waals surface area contributed by atoms with Crippen LogP contribution in [-0.2, 0) is 4.79 Å². The molecule has 74 valence electrons.